The molecule has 18 heavy (non-hydrogen) atoms. The molecule has 1 rings (SSSR count). The second-order valence-corrected chi connectivity index (χ2v) is 5.92. The topological polar surface area (TPSA) is 29.1 Å². The zero-order valence-corrected chi connectivity index (χ0v) is 12.8. The molecule has 1 unspecified atom stereocenters. The van der Waals surface area contributed by atoms with Gasteiger partial charge in [-0.25, -0.2) is 0 Å². The molecule has 0 aliphatic rings. The highest BCUT2D eigenvalue weighted by Crippen LogP contribution is 2.08. The summed E-state index contributed by atoms with van der Waals surface area (Å²) in [4.78, 5) is 12.1. The number of hydrogen-bond donors (Lipinski definition) is 1. The van der Waals surface area contributed by atoms with Gasteiger partial charge in [0.25, 0.3) is 0 Å². The van der Waals surface area contributed by atoms with Crippen LogP contribution in [0.2, 0.25) is 0 Å². The van der Waals surface area contributed by atoms with Crippen molar-refractivity contribution in [1.29, 1.82) is 0 Å². The first-order valence-electron chi connectivity index (χ1n) is 6.58. The molecule has 1 aromatic carbocycles. The Bertz CT molecular complexity index is 361. The lowest BCUT2D eigenvalue weighted by Crippen LogP contribution is -2.26. The Labute approximate surface area is 118 Å². The van der Waals surface area contributed by atoms with Crippen LogP contribution in [0.5, 0.6) is 0 Å². The highest BCUT2D eigenvalue weighted by Gasteiger charge is 2.04. The smallest absolute Gasteiger partial charge is 0.220 e. The summed E-state index contributed by atoms with van der Waals surface area (Å²) in [7, 11) is 0. The number of carbonyl (C=O) groups excluding carboxylic acids is 1. The molecular formula is C15H22BrNO. The number of carbonyl (C=O) groups is 1. The molecule has 1 aromatic rings. The predicted octanol–water partition coefficient (Wildman–Crippen LogP) is 3.61. The third-order valence-corrected chi connectivity index (χ3v) is 4.09. The fourth-order valence-corrected chi connectivity index (χ4v) is 1.90. The molecule has 0 aliphatic carbocycles. The molecule has 0 aliphatic heterocycles. The van der Waals surface area contributed by atoms with E-state index in [4.69, 9.17) is 0 Å². The fraction of sp³-hybridized carbons (Fsp3) is 0.533. The second kappa shape index (κ2) is 8.30. The number of hydrogen-bond acceptors (Lipinski definition) is 1. The zero-order valence-electron chi connectivity index (χ0n) is 11.2. The van der Waals surface area contributed by atoms with E-state index in [0.29, 0.717) is 11.2 Å². The third kappa shape index (κ3) is 6.20. The minimum Gasteiger partial charge on any atom is -0.356 e. The van der Waals surface area contributed by atoms with Gasteiger partial charge in [0.15, 0.2) is 0 Å². The number of alkyl halides is 1. The maximum absolute atomic E-state index is 11.6. The molecule has 0 aromatic heterocycles. The van der Waals surface area contributed by atoms with Gasteiger partial charge < -0.3 is 5.32 Å². The Morgan fingerprint density at radius 2 is 2.00 bits per heavy atom. The lowest BCUT2D eigenvalue weighted by molar-refractivity contribution is -0.121. The highest BCUT2D eigenvalue weighted by molar-refractivity contribution is 9.09. The Balaban J connectivity index is 2.19. The van der Waals surface area contributed by atoms with Gasteiger partial charge in [0.1, 0.15) is 0 Å². The Hall–Kier alpha value is -0.830. The van der Waals surface area contributed by atoms with Gasteiger partial charge in [-0.1, -0.05) is 52.7 Å². The molecule has 1 N–H and O–H groups in total. The van der Waals surface area contributed by atoms with Crippen molar-refractivity contribution >= 4 is 21.8 Å². The van der Waals surface area contributed by atoms with E-state index in [0.717, 1.165) is 25.8 Å². The molecule has 0 spiro atoms. The van der Waals surface area contributed by atoms with Crippen LogP contribution in [0.1, 0.15) is 37.3 Å². The van der Waals surface area contributed by atoms with Crippen molar-refractivity contribution < 1.29 is 4.79 Å². The lowest BCUT2D eigenvalue weighted by Gasteiger charge is -2.08. The summed E-state index contributed by atoms with van der Waals surface area (Å²) in [5, 5.41) is 2.96. The third-order valence-electron chi connectivity index (χ3n) is 2.98. The zero-order chi connectivity index (χ0) is 13.4. The monoisotopic (exact) mass is 311 g/mol. The van der Waals surface area contributed by atoms with Gasteiger partial charge >= 0.3 is 0 Å². The summed E-state index contributed by atoms with van der Waals surface area (Å²) >= 11 is 3.56. The van der Waals surface area contributed by atoms with Gasteiger partial charge in [-0.2, -0.15) is 0 Å². The van der Waals surface area contributed by atoms with E-state index < -0.39 is 0 Å². The number of amides is 1. The van der Waals surface area contributed by atoms with Crippen LogP contribution in [-0.4, -0.2) is 17.3 Å². The average Bonchev–Trinajstić information content (AvgIpc) is 2.38. The molecule has 0 saturated heterocycles. The van der Waals surface area contributed by atoms with Crippen LogP contribution in [-0.2, 0) is 11.2 Å². The van der Waals surface area contributed by atoms with Crippen molar-refractivity contribution in [1.82, 2.24) is 5.32 Å². The van der Waals surface area contributed by atoms with Gasteiger partial charge in [0, 0.05) is 17.8 Å². The quantitative estimate of drug-likeness (QED) is 0.766. The first kappa shape index (κ1) is 15.2. The Morgan fingerprint density at radius 1 is 1.33 bits per heavy atom. The lowest BCUT2D eigenvalue weighted by atomic mass is 10.1. The molecule has 3 heteroatoms. The fourth-order valence-electron chi connectivity index (χ4n) is 1.67. The van der Waals surface area contributed by atoms with Crippen LogP contribution < -0.4 is 5.32 Å². The van der Waals surface area contributed by atoms with Gasteiger partial charge in [-0.3, -0.25) is 4.79 Å². The Kier molecular flexibility index (Phi) is 7.02. The molecule has 0 radical (unpaired) electrons. The molecule has 0 heterocycles. The van der Waals surface area contributed by atoms with Gasteiger partial charge in [0.05, 0.1) is 0 Å². The predicted molar refractivity (Wildman–Crippen MR) is 80.1 cm³/mol. The highest BCUT2D eigenvalue weighted by atomic mass is 79.9. The van der Waals surface area contributed by atoms with Crippen LogP contribution in [0.15, 0.2) is 24.3 Å². The van der Waals surface area contributed by atoms with E-state index in [1.54, 1.807) is 0 Å². The number of halogens is 1. The number of benzene rings is 1. The van der Waals surface area contributed by atoms with Crippen molar-refractivity contribution in [2.75, 3.05) is 6.54 Å². The summed E-state index contributed by atoms with van der Waals surface area (Å²) in [5.41, 5.74) is 2.48. The van der Waals surface area contributed by atoms with E-state index in [1.165, 1.54) is 11.1 Å². The largest absolute Gasteiger partial charge is 0.356 e. The summed E-state index contributed by atoms with van der Waals surface area (Å²) < 4.78 is 0. The molecule has 1 atom stereocenters. The minimum atomic E-state index is 0.145. The van der Waals surface area contributed by atoms with Crippen LogP contribution >= 0.6 is 15.9 Å². The maximum Gasteiger partial charge on any atom is 0.220 e. The van der Waals surface area contributed by atoms with E-state index in [2.05, 4.69) is 59.4 Å². The standard InChI is InChI=1S/C15H22BrNO/c1-3-14(16)10-11-17-15(18)9-8-13-6-4-12(2)5-7-13/h4-7,14H,3,8-11H2,1-2H3,(H,17,18). The number of nitrogens with one attached hydrogen (secondary N) is 1. The maximum atomic E-state index is 11.6. The first-order valence-corrected chi connectivity index (χ1v) is 7.49. The minimum absolute atomic E-state index is 0.145. The summed E-state index contributed by atoms with van der Waals surface area (Å²) in [6.45, 7) is 4.97. The molecule has 1 amide bonds. The van der Waals surface area contributed by atoms with E-state index >= 15 is 0 Å². The van der Waals surface area contributed by atoms with Crippen LogP contribution in [0.25, 0.3) is 0 Å². The van der Waals surface area contributed by atoms with Gasteiger partial charge in [-0.05, 0) is 31.7 Å². The summed E-state index contributed by atoms with van der Waals surface area (Å²) in [5.74, 6) is 0.145. The van der Waals surface area contributed by atoms with Crippen LogP contribution in [0.3, 0.4) is 0 Å². The molecule has 0 saturated carbocycles. The molecule has 0 fully saturated rings. The van der Waals surface area contributed by atoms with Crippen LogP contribution in [0.4, 0.5) is 0 Å². The SMILES string of the molecule is CCC(Br)CCNC(=O)CCc1ccc(C)cc1. The number of rotatable bonds is 7. The normalized spacial score (nSPS) is 12.2. The van der Waals surface area contributed by atoms with Crippen molar-refractivity contribution in [2.24, 2.45) is 0 Å². The summed E-state index contributed by atoms with van der Waals surface area (Å²) in [6.07, 6.45) is 3.48. The average molecular weight is 312 g/mol. The number of aryl methyl sites for hydroxylation is 2. The first-order chi connectivity index (χ1) is 8.61. The summed E-state index contributed by atoms with van der Waals surface area (Å²) in [6, 6.07) is 8.36. The van der Waals surface area contributed by atoms with E-state index in [-0.39, 0.29) is 5.91 Å². The second-order valence-electron chi connectivity index (χ2n) is 4.63. The Morgan fingerprint density at radius 3 is 2.61 bits per heavy atom. The van der Waals surface area contributed by atoms with E-state index in [1.807, 2.05) is 0 Å². The van der Waals surface area contributed by atoms with Gasteiger partial charge in [-0.15, -0.1) is 0 Å². The molecule has 100 valence electrons. The molecule has 0 bridgehead atoms. The van der Waals surface area contributed by atoms with Crippen LogP contribution in [0, 0.1) is 6.92 Å². The van der Waals surface area contributed by atoms with Crippen molar-refractivity contribution in [3.8, 4) is 0 Å². The van der Waals surface area contributed by atoms with E-state index in [9.17, 15) is 4.79 Å². The van der Waals surface area contributed by atoms with Crippen molar-refractivity contribution in [3.63, 3.8) is 0 Å². The molecular weight excluding hydrogens is 290 g/mol. The van der Waals surface area contributed by atoms with Gasteiger partial charge in [0.2, 0.25) is 5.91 Å². The molecule has 2 nitrogen and oxygen atoms in total. The van der Waals surface area contributed by atoms with Crippen molar-refractivity contribution in [3.05, 3.63) is 35.4 Å². The van der Waals surface area contributed by atoms with Crippen molar-refractivity contribution in [2.45, 2.75) is 44.4 Å².